The van der Waals surface area contributed by atoms with E-state index >= 15 is 0 Å². The molecule has 8 nitrogen and oxygen atoms in total. The summed E-state index contributed by atoms with van der Waals surface area (Å²) in [5.74, 6) is 1.89. The van der Waals surface area contributed by atoms with Gasteiger partial charge in [-0.2, -0.15) is 4.98 Å². The summed E-state index contributed by atoms with van der Waals surface area (Å²) >= 11 is 0. The van der Waals surface area contributed by atoms with Crippen molar-refractivity contribution in [1.82, 2.24) is 10.1 Å². The molecule has 2 heterocycles. The zero-order chi connectivity index (χ0) is 18.9. The number of hydrogen-bond acceptors (Lipinski definition) is 7. The summed E-state index contributed by atoms with van der Waals surface area (Å²) in [4.78, 5) is 4.26. The first-order chi connectivity index (χ1) is 13.0. The van der Waals surface area contributed by atoms with Crippen LogP contribution in [0.15, 0.2) is 51.9 Å². The number of nitrogens with zero attached hydrogens (tertiary/aromatic N) is 2. The fourth-order valence-electron chi connectivity index (χ4n) is 2.74. The Labute approximate surface area is 156 Å². The van der Waals surface area contributed by atoms with Crippen LogP contribution in [-0.2, 0) is 16.4 Å². The highest BCUT2D eigenvalue weighted by molar-refractivity contribution is 7.92. The van der Waals surface area contributed by atoms with Crippen molar-refractivity contribution in [3.63, 3.8) is 0 Å². The van der Waals surface area contributed by atoms with Crippen molar-refractivity contribution < 1.29 is 22.4 Å². The standard InChI is InChI=1S/C18H17N3O5S/c1-12-19-18(26-20-12)10-13-4-2-3-5-15(13)21-27(22,23)14-6-7-16-17(11-14)25-9-8-24-16/h2-7,11,21H,8-10H2,1H3. The molecule has 3 aromatic rings. The largest absolute Gasteiger partial charge is 0.486 e. The molecule has 1 N–H and O–H groups in total. The van der Waals surface area contributed by atoms with E-state index in [-0.39, 0.29) is 4.90 Å². The third-order valence-electron chi connectivity index (χ3n) is 4.00. The maximum Gasteiger partial charge on any atom is 0.262 e. The molecule has 4 rings (SSSR count). The molecule has 0 saturated carbocycles. The van der Waals surface area contributed by atoms with Crippen LogP contribution in [-0.4, -0.2) is 31.8 Å². The number of para-hydroxylation sites is 1. The summed E-state index contributed by atoms with van der Waals surface area (Å²) in [6.07, 6.45) is 0.320. The van der Waals surface area contributed by atoms with Gasteiger partial charge in [-0.3, -0.25) is 4.72 Å². The number of ether oxygens (including phenoxy) is 2. The Morgan fingerprint density at radius 3 is 2.63 bits per heavy atom. The normalized spacial score (nSPS) is 13.4. The van der Waals surface area contributed by atoms with Gasteiger partial charge in [0.1, 0.15) is 13.2 Å². The number of aryl methyl sites for hydroxylation is 1. The number of anilines is 1. The van der Waals surface area contributed by atoms with E-state index in [0.29, 0.717) is 48.5 Å². The lowest BCUT2D eigenvalue weighted by atomic mass is 10.1. The minimum absolute atomic E-state index is 0.0928. The second-order valence-electron chi connectivity index (χ2n) is 5.98. The molecular weight excluding hydrogens is 370 g/mol. The second-order valence-corrected chi connectivity index (χ2v) is 7.66. The number of nitrogens with one attached hydrogen (secondary N) is 1. The third-order valence-corrected chi connectivity index (χ3v) is 5.36. The number of benzene rings is 2. The predicted octanol–water partition coefficient (Wildman–Crippen LogP) is 2.54. The predicted molar refractivity (Wildman–Crippen MR) is 96.5 cm³/mol. The SMILES string of the molecule is Cc1noc(Cc2ccccc2NS(=O)(=O)c2ccc3c(c2)OCCO3)n1. The zero-order valence-electron chi connectivity index (χ0n) is 14.5. The van der Waals surface area contributed by atoms with Crippen LogP contribution in [0.3, 0.4) is 0 Å². The Bertz CT molecular complexity index is 1080. The van der Waals surface area contributed by atoms with Gasteiger partial charge in [-0.15, -0.1) is 0 Å². The maximum absolute atomic E-state index is 12.8. The molecule has 27 heavy (non-hydrogen) atoms. The van der Waals surface area contributed by atoms with Crippen LogP contribution >= 0.6 is 0 Å². The van der Waals surface area contributed by atoms with Gasteiger partial charge in [0.25, 0.3) is 10.0 Å². The molecule has 0 spiro atoms. The average Bonchev–Trinajstić information content (AvgIpc) is 3.07. The molecule has 1 aromatic heterocycles. The van der Waals surface area contributed by atoms with E-state index in [2.05, 4.69) is 14.9 Å². The summed E-state index contributed by atoms with van der Waals surface area (Å²) in [6, 6.07) is 11.6. The Morgan fingerprint density at radius 2 is 1.85 bits per heavy atom. The number of sulfonamides is 1. The molecule has 1 aliphatic heterocycles. The zero-order valence-corrected chi connectivity index (χ0v) is 15.3. The fraction of sp³-hybridized carbons (Fsp3) is 0.222. The maximum atomic E-state index is 12.8. The summed E-state index contributed by atoms with van der Waals surface area (Å²) in [5, 5.41) is 3.76. The van der Waals surface area contributed by atoms with Crippen molar-refractivity contribution in [2.75, 3.05) is 17.9 Å². The molecule has 2 aromatic carbocycles. The van der Waals surface area contributed by atoms with Crippen molar-refractivity contribution in [1.29, 1.82) is 0 Å². The Hall–Kier alpha value is -3.07. The van der Waals surface area contributed by atoms with E-state index < -0.39 is 10.0 Å². The lowest BCUT2D eigenvalue weighted by Gasteiger charge is -2.19. The third kappa shape index (κ3) is 3.72. The first-order valence-corrected chi connectivity index (χ1v) is 9.79. The van der Waals surface area contributed by atoms with Gasteiger partial charge in [0.2, 0.25) is 5.89 Å². The molecule has 0 unspecified atom stereocenters. The molecule has 0 saturated heterocycles. The minimum atomic E-state index is -3.81. The summed E-state index contributed by atoms with van der Waals surface area (Å²) in [6.45, 7) is 2.56. The molecule has 9 heteroatoms. The number of hydrogen-bond donors (Lipinski definition) is 1. The number of aromatic nitrogens is 2. The monoisotopic (exact) mass is 387 g/mol. The molecule has 0 fully saturated rings. The summed E-state index contributed by atoms with van der Waals surface area (Å²) < 4.78 is 44.3. The molecule has 0 aliphatic carbocycles. The topological polar surface area (TPSA) is 104 Å². The smallest absolute Gasteiger partial charge is 0.262 e. The van der Waals surface area contributed by atoms with Gasteiger partial charge in [0.15, 0.2) is 17.3 Å². The molecule has 0 amide bonds. The van der Waals surface area contributed by atoms with Crippen LogP contribution in [0, 0.1) is 6.92 Å². The van der Waals surface area contributed by atoms with Gasteiger partial charge in [-0.25, -0.2) is 8.42 Å². The van der Waals surface area contributed by atoms with Gasteiger partial charge >= 0.3 is 0 Å². The van der Waals surface area contributed by atoms with E-state index in [1.807, 2.05) is 6.07 Å². The first-order valence-electron chi connectivity index (χ1n) is 8.31. The highest BCUT2D eigenvalue weighted by Crippen LogP contribution is 2.33. The summed E-state index contributed by atoms with van der Waals surface area (Å²) in [5.41, 5.74) is 1.17. The quantitative estimate of drug-likeness (QED) is 0.717. The van der Waals surface area contributed by atoms with Crippen LogP contribution in [0.4, 0.5) is 5.69 Å². The van der Waals surface area contributed by atoms with Crippen molar-refractivity contribution in [2.24, 2.45) is 0 Å². The molecular formula is C18H17N3O5S. The van der Waals surface area contributed by atoms with Crippen LogP contribution in [0.5, 0.6) is 11.5 Å². The van der Waals surface area contributed by atoms with E-state index in [1.165, 1.54) is 12.1 Å². The minimum Gasteiger partial charge on any atom is -0.486 e. The van der Waals surface area contributed by atoms with Crippen molar-refractivity contribution in [3.05, 3.63) is 59.7 Å². The fourth-order valence-corrected chi connectivity index (χ4v) is 3.86. The van der Waals surface area contributed by atoms with E-state index in [4.69, 9.17) is 14.0 Å². The van der Waals surface area contributed by atoms with Crippen molar-refractivity contribution in [2.45, 2.75) is 18.2 Å². The highest BCUT2D eigenvalue weighted by Gasteiger charge is 2.21. The second kappa shape index (κ2) is 6.92. The molecule has 0 bridgehead atoms. The van der Waals surface area contributed by atoms with Gasteiger partial charge in [-0.05, 0) is 30.7 Å². The van der Waals surface area contributed by atoms with Gasteiger partial charge in [0.05, 0.1) is 17.0 Å². The summed E-state index contributed by atoms with van der Waals surface area (Å²) in [7, 11) is -3.81. The number of rotatable bonds is 5. The van der Waals surface area contributed by atoms with Crippen molar-refractivity contribution in [3.8, 4) is 11.5 Å². The first kappa shape index (κ1) is 17.3. The molecule has 140 valence electrons. The van der Waals surface area contributed by atoms with Crippen LogP contribution in [0.1, 0.15) is 17.3 Å². The van der Waals surface area contributed by atoms with Gasteiger partial charge in [-0.1, -0.05) is 23.4 Å². The Morgan fingerprint density at radius 1 is 1.07 bits per heavy atom. The number of fused-ring (bicyclic) bond motifs is 1. The van der Waals surface area contributed by atoms with Crippen LogP contribution in [0.25, 0.3) is 0 Å². The lowest BCUT2D eigenvalue weighted by Crippen LogP contribution is -2.17. The van der Waals surface area contributed by atoms with E-state index in [1.54, 1.807) is 31.2 Å². The Balaban J connectivity index is 1.61. The Kier molecular flexibility index (Phi) is 4.44. The van der Waals surface area contributed by atoms with E-state index in [0.717, 1.165) is 5.56 Å². The van der Waals surface area contributed by atoms with Crippen molar-refractivity contribution >= 4 is 15.7 Å². The van der Waals surface area contributed by atoms with E-state index in [9.17, 15) is 8.42 Å². The van der Waals surface area contributed by atoms with Gasteiger partial charge in [0, 0.05) is 6.07 Å². The molecule has 0 radical (unpaired) electrons. The lowest BCUT2D eigenvalue weighted by molar-refractivity contribution is 0.171. The highest BCUT2D eigenvalue weighted by atomic mass is 32.2. The van der Waals surface area contributed by atoms with Crippen LogP contribution < -0.4 is 14.2 Å². The molecule has 1 aliphatic rings. The molecule has 0 atom stereocenters. The van der Waals surface area contributed by atoms with Crippen LogP contribution in [0.2, 0.25) is 0 Å². The van der Waals surface area contributed by atoms with Gasteiger partial charge < -0.3 is 14.0 Å². The average molecular weight is 387 g/mol.